The second kappa shape index (κ2) is 11.3. The number of carbonyl (C=O) groups is 2. The number of amides is 2. The van der Waals surface area contributed by atoms with Crippen molar-refractivity contribution in [2.75, 3.05) is 24.2 Å². The molecular weight excluding hydrogens is 450 g/mol. The van der Waals surface area contributed by atoms with Gasteiger partial charge >= 0.3 is 0 Å². The Morgan fingerprint density at radius 3 is 2.34 bits per heavy atom. The Kier molecular flexibility index (Phi) is 9.09. The Labute approximate surface area is 195 Å². The smallest absolute Gasteiger partial charge is 0.242 e. The van der Waals surface area contributed by atoms with Crippen molar-refractivity contribution in [3.05, 3.63) is 64.7 Å². The molecule has 174 valence electrons. The van der Waals surface area contributed by atoms with Gasteiger partial charge in [0.05, 0.1) is 11.9 Å². The molecule has 0 saturated carbocycles. The quantitative estimate of drug-likeness (QED) is 0.566. The molecule has 2 aromatic rings. The van der Waals surface area contributed by atoms with Gasteiger partial charge in [-0.3, -0.25) is 13.9 Å². The van der Waals surface area contributed by atoms with Crippen LogP contribution in [0.25, 0.3) is 0 Å². The van der Waals surface area contributed by atoms with E-state index in [2.05, 4.69) is 5.32 Å². The van der Waals surface area contributed by atoms with E-state index >= 15 is 0 Å². The van der Waals surface area contributed by atoms with Crippen molar-refractivity contribution in [1.29, 1.82) is 0 Å². The van der Waals surface area contributed by atoms with E-state index in [1.165, 1.54) is 16.3 Å². The standard InChI is InChI=1S/C23H30ClN3O4S/c1-17-7-5-8-19(15-17)16-26(18(2)23(29)25-3)22(28)9-6-14-27(32(4,30)31)21-12-10-20(24)11-13-21/h5,7-8,10-13,15,18H,6,9,14,16H2,1-4H3,(H,25,29)/t18-/m0/s1. The molecule has 9 heteroatoms. The normalized spacial score (nSPS) is 12.2. The van der Waals surface area contributed by atoms with Gasteiger partial charge in [0.25, 0.3) is 0 Å². The molecule has 0 radical (unpaired) electrons. The van der Waals surface area contributed by atoms with Crippen LogP contribution in [0.2, 0.25) is 5.02 Å². The Hall–Kier alpha value is -2.58. The summed E-state index contributed by atoms with van der Waals surface area (Å²) in [6.45, 7) is 4.08. The van der Waals surface area contributed by atoms with Crippen molar-refractivity contribution >= 4 is 39.1 Å². The van der Waals surface area contributed by atoms with Gasteiger partial charge in [-0.2, -0.15) is 0 Å². The summed E-state index contributed by atoms with van der Waals surface area (Å²) in [5.74, 6) is -0.475. The highest BCUT2D eigenvalue weighted by Crippen LogP contribution is 2.21. The van der Waals surface area contributed by atoms with Crippen molar-refractivity contribution < 1.29 is 18.0 Å². The minimum atomic E-state index is -3.53. The maximum Gasteiger partial charge on any atom is 0.242 e. The highest BCUT2D eigenvalue weighted by molar-refractivity contribution is 7.92. The fourth-order valence-corrected chi connectivity index (χ4v) is 4.50. The number of hydrogen-bond donors (Lipinski definition) is 1. The number of aryl methyl sites for hydroxylation is 1. The SMILES string of the molecule is CNC(=O)[C@H](C)N(Cc1cccc(C)c1)C(=O)CCCN(c1ccc(Cl)cc1)S(C)(=O)=O. The lowest BCUT2D eigenvalue weighted by Crippen LogP contribution is -2.46. The molecule has 7 nitrogen and oxygen atoms in total. The second-order valence-corrected chi connectivity index (χ2v) is 10.1. The minimum absolute atomic E-state index is 0.104. The van der Waals surface area contributed by atoms with Gasteiger partial charge < -0.3 is 10.2 Å². The van der Waals surface area contributed by atoms with E-state index in [0.29, 0.717) is 23.7 Å². The number of nitrogens with one attached hydrogen (secondary N) is 1. The summed E-state index contributed by atoms with van der Waals surface area (Å²) in [4.78, 5) is 26.8. The van der Waals surface area contributed by atoms with Crippen LogP contribution < -0.4 is 9.62 Å². The van der Waals surface area contributed by atoms with Crippen molar-refractivity contribution in [3.63, 3.8) is 0 Å². The number of anilines is 1. The van der Waals surface area contributed by atoms with Crippen molar-refractivity contribution in [1.82, 2.24) is 10.2 Å². The molecule has 1 atom stereocenters. The topological polar surface area (TPSA) is 86.8 Å². The van der Waals surface area contributed by atoms with Crippen LogP contribution in [-0.4, -0.2) is 51.0 Å². The number of halogens is 1. The zero-order chi connectivity index (χ0) is 23.9. The third kappa shape index (κ3) is 7.24. The first-order valence-electron chi connectivity index (χ1n) is 10.3. The average Bonchev–Trinajstić information content (AvgIpc) is 2.74. The summed E-state index contributed by atoms with van der Waals surface area (Å²) >= 11 is 5.90. The second-order valence-electron chi connectivity index (χ2n) is 7.72. The predicted molar refractivity (Wildman–Crippen MR) is 128 cm³/mol. The number of carbonyl (C=O) groups excluding carboxylic acids is 2. The van der Waals surface area contributed by atoms with Crippen LogP contribution in [-0.2, 0) is 26.2 Å². The Balaban J connectivity index is 2.13. The molecule has 0 bridgehead atoms. The van der Waals surface area contributed by atoms with Gasteiger partial charge in [-0.15, -0.1) is 0 Å². The number of hydrogen-bond acceptors (Lipinski definition) is 4. The minimum Gasteiger partial charge on any atom is -0.357 e. The van der Waals surface area contributed by atoms with E-state index < -0.39 is 16.1 Å². The van der Waals surface area contributed by atoms with E-state index in [-0.39, 0.29) is 24.8 Å². The Bertz CT molecular complexity index is 1040. The van der Waals surface area contributed by atoms with Crippen LogP contribution in [0.15, 0.2) is 48.5 Å². The van der Waals surface area contributed by atoms with Gasteiger partial charge in [0.2, 0.25) is 21.8 Å². The molecule has 0 unspecified atom stereocenters. The van der Waals surface area contributed by atoms with Crippen LogP contribution in [0.4, 0.5) is 5.69 Å². The lowest BCUT2D eigenvalue weighted by molar-refractivity contribution is -0.140. The van der Waals surface area contributed by atoms with Crippen LogP contribution >= 0.6 is 11.6 Å². The molecule has 2 amide bonds. The van der Waals surface area contributed by atoms with Gasteiger partial charge in [-0.05, 0) is 50.1 Å². The molecule has 2 aromatic carbocycles. The van der Waals surface area contributed by atoms with E-state index in [1.54, 1.807) is 31.2 Å². The number of benzene rings is 2. The van der Waals surface area contributed by atoms with Crippen LogP contribution in [0.5, 0.6) is 0 Å². The summed E-state index contributed by atoms with van der Waals surface area (Å²) in [7, 11) is -2.00. The zero-order valence-electron chi connectivity index (χ0n) is 18.8. The molecular formula is C23H30ClN3O4S. The summed E-state index contributed by atoms with van der Waals surface area (Å²) in [5.41, 5.74) is 2.47. The van der Waals surface area contributed by atoms with Gasteiger partial charge in [0.15, 0.2) is 0 Å². The van der Waals surface area contributed by atoms with E-state index in [0.717, 1.165) is 17.4 Å². The first-order chi connectivity index (χ1) is 15.0. The highest BCUT2D eigenvalue weighted by Gasteiger charge is 2.26. The molecule has 2 rings (SSSR count). The van der Waals surface area contributed by atoms with Gasteiger partial charge in [-0.25, -0.2) is 8.42 Å². The lowest BCUT2D eigenvalue weighted by atomic mass is 10.1. The Morgan fingerprint density at radius 1 is 1.12 bits per heavy atom. The van der Waals surface area contributed by atoms with E-state index in [9.17, 15) is 18.0 Å². The highest BCUT2D eigenvalue weighted by atomic mass is 35.5. The molecule has 0 aliphatic heterocycles. The number of likely N-dealkylation sites (N-methyl/N-ethyl adjacent to an activating group) is 1. The number of rotatable bonds is 10. The molecule has 0 saturated heterocycles. The summed E-state index contributed by atoms with van der Waals surface area (Å²) in [6.07, 6.45) is 1.53. The van der Waals surface area contributed by atoms with E-state index in [4.69, 9.17) is 11.6 Å². The lowest BCUT2D eigenvalue weighted by Gasteiger charge is -2.29. The first kappa shape index (κ1) is 25.7. The Morgan fingerprint density at radius 2 is 1.78 bits per heavy atom. The van der Waals surface area contributed by atoms with Gasteiger partial charge in [-0.1, -0.05) is 41.4 Å². The summed E-state index contributed by atoms with van der Waals surface area (Å²) in [6, 6.07) is 13.6. The molecule has 32 heavy (non-hydrogen) atoms. The first-order valence-corrected chi connectivity index (χ1v) is 12.6. The maximum absolute atomic E-state index is 13.1. The average molecular weight is 480 g/mol. The predicted octanol–water partition coefficient (Wildman–Crippen LogP) is 3.36. The summed E-state index contributed by atoms with van der Waals surface area (Å²) in [5, 5.41) is 3.09. The van der Waals surface area contributed by atoms with Crippen LogP contribution in [0.3, 0.4) is 0 Å². The third-order valence-corrected chi connectivity index (χ3v) is 6.56. The molecule has 0 aliphatic carbocycles. The van der Waals surface area contributed by atoms with Crippen LogP contribution in [0, 0.1) is 6.92 Å². The summed E-state index contributed by atoms with van der Waals surface area (Å²) < 4.78 is 25.8. The zero-order valence-corrected chi connectivity index (χ0v) is 20.4. The van der Waals surface area contributed by atoms with Crippen molar-refractivity contribution in [2.24, 2.45) is 0 Å². The number of sulfonamides is 1. The molecule has 0 heterocycles. The van der Waals surface area contributed by atoms with Gasteiger partial charge in [0, 0.05) is 31.6 Å². The largest absolute Gasteiger partial charge is 0.357 e. The monoisotopic (exact) mass is 479 g/mol. The third-order valence-electron chi connectivity index (χ3n) is 5.12. The number of nitrogens with zero attached hydrogens (tertiary/aromatic N) is 2. The molecule has 0 fully saturated rings. The maximum atomic E-state index is 13.1. The molecule has 1 N–H and O–H groups in total. The van der Waals surface area contributed by atoms with E-state index in [1.807, 2.05) is 31.2 Å². The van der Waals surface area contributed by atoms with Crippen molar-refractivity contribution in [3.8, 4) is 0 Å². The molecule has 0 aliphatic rings. The van der Waals surface area contributed by atoms with Crippen molar-refractivity contribution in [2.45, 2.75) is 39.3 Å². The fraction of sp³-hybridized carbons (Fsp3) is 0.391. The van der Waals surface area contributed by atoms with Crippen LogP contribution in [0.1, 0.15) is 30.9 Å². The fourth-order valence-electron chi connectivity index (χ4n) is 3.41. The molecule has 0 spiro atoms. The van der Waals surface area contributed by atoms with Gasteiger partial charge in [0.1, 0.15) is 6.04 Å². The molecule has 0 aromatic heterocycles.